The molecule has 0 aliphatic heterocycles. The van der Waals surface area contributed by atoms with E-state index in [1.54, 1.807) is 0 Å². The Morgan fingerprint density at radius 2 is 2.26 bits per heavy atom. The number of hydrogen-bond acceptors (Lipinski definition) is 5. The summed E-state index contributed by atoms with van der Waals surface area (Å²) in [6.07, 6.45) is -1.48. The summed E-state index contributed by atoms with van der Waals surface area (Å²) in [5.41, 5.74) is -0.343. The van der Waals surface area contributed by atoms with Crippen LogP contribution in [0.5, 0.6) is 5.75 Å². The summed E-state index contributed by atoms with van der Waals surface area (Å²) in [7, 11) is 1.40. The Labute approximate surface area is 116 Å². The minimum atomic E-state index is -0.672. The molecule has 8 heteroatoms. The molecule has 0 saturated heterocycles. The molecule has 2 rings (SSSR count). The number of halogens is 2. The quantitative estimate of drug-likeness (QED) is 0.672. The van der Waals surface area contributed by atoms with Crippen LogP contribution in [-0.4, -0.2) is 35.5 Å². The van der Waals surface area contributed by atoms with Gasteiger partial charge in [0, 0.05) is 25.7 Å². The van der Waals surface area contributed by atoms with Gasteiger partial charge in [-0.05, 0) is 15.9 Å². The third-order valence-electron chi connectivity index (χ3n) is 2.97. The second kappa shape index (κ2) is 5.40. The maximum atomic E-state index is 13.4. The summed E-state index contributed by atoms with van der Waals surface area (Å²) in [6.45, 7) is 0. The van der Waals surface area contributed by atoms with Crippen LogP contribution in [-0.2, 0) is 4.74 Å². The number of nitro benzene ring substituents is 1. The van der Waals surface area contributed by atoms with E-state index in [0.717, 1.165) is 12.1 Å². The van der Waals surface area contributed by atoms with Crippen LogP contribution in [0.2, 0.25) is 0 Å². The molecule has 0 radical (unpaired) electrons. The van der Waals surface area contributed by atoms with Crippen molar-refractivity contribution < 1.29 is 23.9 Å². The van der Waals surface area contributed by atoms with Gasteiger partial charge in [0.25, 0.3) is 0 Å². The van der Waals surface area contributed by atoms with Crippen molar-refractivity contribution in [1.82, 2.24) is 0 Å². The maximum Gasteiger partial charge on any atom is 0.312 e. The molecule has 1 N–H and O–H groups in total. The fraction of sp³-hybridized carbons (Fsp3) is 0.455. The van der Waals surface area contributed by atoms with E-state index in [2.05, 4.69) is 15.9 Å². The lowest BCUT2D eigenvalue weighted by atomic mass is 9.88. The van der Waals surface area contributed by atoms with E-state index in [4.69, 9.17) is 9.47 Å². The Bertz CT molecular complexity index is 512. The highest BCUT2D eigenvalue weighted by Gasteiger charge is 2.43. The Hall–Kier alpha value is -1.25. The number of nitro groups is 1. The van der Waals surface area contributed by atoms with Crippen molar-refractivity contribution in [3.63, 3.8) is 0 Å². The third kappa shape index (κ3) is 2.70. The average Bonchev–Trinajstić information content (AvgIpc) is 2.32. The molecule has 0 bridgehead atoms. The molecule has 0 spiro atoms. The Kier molecular flexibility index (Phi) is 4.02. The van der Waals surface area contributed by atoms with Crippen LogP contribution >= 0.6 is 15.9 Å². The van der Waals surface area contributed by atoms with Crippen LogP contribution in [0, 0.1) is 15.9 Å². The Morgan fingerprint density at radius 3 is 2.79 bits per heavy atom. The number of aliphatic hydroxyl groups is 1. The molecule has 19 heavy (non-hydrogen) atoms. The zero-order valence-corrected chi connectivity index (χ0v) is 11.5. The van der Waals surface area contributed by atoms with Gasteiger partial charge in [-0.25, -0.2) is 4.39 Å². The van der Waals surface area contributed by atoms with Crippen molar-refractivity contribution in [1.29, 1.82) is 0 Å². The van der Waals surface area contributed by atoms with Crippen molar-refractivity contribution in [3.05, 3.63) is 32.5 Å². The third-order valence-corrected chi connectivity index (χ3v) is 3.58. The fourth-order valence-corrected chi connectivity index (χ4v) is 2.23. The lowest BCUT2D eigenvalue weighted by Crippen LogP contribution is -2.54. The van der Waals surface area contributed by atoms with Crippen molar-refractivity contribution >= 4 is 21.6 Å². The number of aliphatic hydroxyl groups excluding tert-OH is 1. The first-order valence-corrected chi connectivity index (χ1v) is 6.24. The predicted molar refractivity (Wildman–Crippen MR) is 66.6 cm³/mol. The van der Waals surface area contributed by atoms with Crippen LogP contribution in [0.4, 0.5) is 10.1 Å². The van der Waals surface area contributed by atoms with Crippen LogP contribution in [0.1, 0.15) is 6.42 Å². The highest BCUT2D eigenvalue weighted by atomic mass is 79.9. The van der Waals surface area contributed by atoms with Gasteiger partial charge in [0.2, 0.25) is 0 Å². The molecule has 1 saturated carbocycles. The van der Waals surface area contributed by atoms with Gasteiger partial charge in [-0.1, -0.05) is 0 Å². The van der Waals surface area contributed by atoms with E-state index >= 15 is 0 Å². The summed E-state index contributed by atoms with van der Waals surface area (Å²) in [5, 5.41) is 20.3. The first kappa shape index (κ1) is 14.2. The minimum Gasteiger partial charge on any atom is -0.480 e. The molecule has 3 atom stereocenters. The molecule has 1 fully saturated rings. The zero-order chi connectivity index (χ0) is 14.2. The van der Waals surface area contributed by atoms with Gasteiger partial charge in [-0.15, -0.1) is 0 Å². The highest BCUT2D eigenvalue weighted by Crippen LogP contribution is 2.36. The van der Waals surface area contributed by atoms with Crippen LogP contribution in [0.25, 0.3) is 0 Å². The molecule has 1 aliphatic carbocycles. The van der Waals surface area contributed by atoms with Gasteiger partial charge in [0.1, 0.15) is 18.0 Å². The predicted octanol–water partition coefficient (Wildman–Crippen LogP) is 2.02. The van der Waals surface area contributed by atoms with E-state index in [1.165, 1.54) is 7.11 Å². The van der Waals surface area contributed by atoms with Crippen molar-refractivity contribution in [2.45, 2.75) is 24.7 Å². The summed E-state index contributed by atoms with van der Waals surface area (Å²) >= 11 is 2.88. The second-order valence-corrected chi connectivity index (χ2v) is 5.01. The van der Waals surface area contributed by atoms with Crippen LogP contribution < -0.4 is 4.74 Å². The lowest BCUT2D eigenvalue weighted by Gasteiger charge is -2.39. The summed E-state index contributed by atoms with van der Waals surface area (Å²) in [4.78, 5) is 10.2. The van der Waals surface area contributed by atoms with E-state index < -0.39 is 29.1 Å². The molecular formula is C11H11BrFNO5. The van der Waals surface area contributed by atoms with Crippen molar-refractivity contribution in [2.24, 2.45) is 0 Å². The van der Waals surface area contributed by atoms with E-state index in [9.17, 15) is 19.6 Å². The Morgan fingerprint density at radius 1 is 1.58 bits per heavy atom. The second-order valence-electron chi connectivity index (χ2n) is 4.15. The molecule has 3 unspecified atom stereocenters. The number of nitrogens with zero attached hydrogens (tertiary/aromatic N) is 1. The SMILES string of the molecule is COC1C(O)CC1Oc1cc(F)c(Br)cc1[N+](=O)[O-]. The molecule has 0 aromatic heterocycles. The first-order valence-electron chi connectivity index (χ1n) is 5.45. The summed E-state index contributed by atoms with van der Waals surface area (Å²) in [6, 6.07) is 1.99. The Balaban J connectivity index is 2.25. The molecule has 0 heterocycles. The molecular weight excluding hydrogens is 325 g/mol. The number of benzene rings is 1. The molecule has 1 aromatic rings. The smallest absolute Gasteiger partial charge is 0.312 e. The highest BCUT2D eigenvalue weighted by molar-refractivity contribution is 9.10. The number of methoxy groups -OCH3 is 1. The first-order chi connectivity index (χ1) is 8.93. The lowest BCUT2D eigenvalue weighted by molar-refractivity contribution is -0.386. The van der Waals surface area contributed by atoms with Gasteiger partial charge in [-0.3, -0.25) is 10.1 Å². The fourth-order valence-electron chi connectivity index (χ4n) is 1.90. The average molecular weight is 336 g/mol. The van der Waals surface area contributed by atoms with Crippen LogP contribution in [0.3, 0.4) is 0 Å². The van der Waals surface area contributed by atoms with E-state index in [0.29, 0.717) is 0 Å². The molecule has 1 aromatic carbocycles. The summed E-state index contributed by atoms with van der Waals surface area (Å²) < 4.78 is 23.8. The number of rotatable bonds is 4. The maximum absolute atomic E-state index is 13.4. The largest absolute Gasteiger partial charge is 0.480 e. The standard InChI is InChI=1S/C11H11BrFNO5/c1-18-11-8(15)4-10(11)19-9-3-6(13)5(12)2-7(9)14(16)17/h2-3,8,10-11,15H,4H2,1H3. The normalized spacial score (nSPS) is 25.8. The molecule has 6 nitrogen and oxygen atoms in total. The summed E-state index contributed by atoms with van der Waals surface area (Å²) in [5.74, 6) is -0.834. The van der Waals surface area contributed by atoms with E-state index in [1.807, 2.05) is 0 Å². The van der Waals surface area contributed by atoms with Gasteiger partial charge < -0.3 is 14.6 Å². The van der Waals surface area contributed by atoms with E-state index in [-0.39, 0.29) is 22.3 Å². The monoisotopic (exact) mass is 335 g/mol. The molecule has 0 amide bonds. The number of hydrogen-bond donors (Lipinski definition) is 1. The van der Waals surface area contributed by atoms with Crippen LogP contribution in [0.15, 0.2) is 16.6 Å². The van der Waals surface area contributed by atoms with Gasteiger partial charge in [0.15, 0.2) is 5.75 Å². The van der Waals surface area contributed by atoms with Crippen molar-refractivity contribution in [2.75, 3.05) is 7.11 Å². The van der Waals surface area contributed by atoms with Crippen molar-refractivity contribution in [3.8, 4) is 5.75 Å². The topological polar surface area (TPSA) is 81.8 Å². The molecule has 1 aliphatic rings. The number of ether oxygens (including phenoxy) is 2. The van der Waals surface area contributed by atoms with Gasteiger partial charge in [0.05, 0.1) is 15.5 Å². The van der Waals surface area contributed by atoms with Gasteiger partial charge in [-0.2, -0.15) is 0 Å². The molecule has 104 valence electrons. The van der Waals surface area contributed by atoms with Gasteiger partial charge >= 0.3 is 5.69 Å². The minimum absolute atomic E-state index is 0.0107. The zero-order valence-electron chi connectivity index (χ0n) is 9.88.